The van der Waals surface area contributed by atoms with Crippen molar-refractivity contribution in [2.75, 3.05) is 6.61 Å². The molecule has 1 heterocycles. The zero-order chi connectivity index (χ0) is 18.2. The standard InChI is InChI=1S/C19H24FN3O2/c1-13(2)10-16(12-24)22-19(25)23-18(17-8-3-4-9-21-17)14-6-5-7-15(20)11-14/h3-9,11,13,16,18,24H,10,12H2,1-2H3,(H2,22,23,25). The van der Waals surface area contributed by atoms with Crippen LogP contribution in [0.4, 0.5) is 9.18 Å². The van der Waals surface area contributed by atoms with Gasteiger partial charge in [-0.1, -0.05) is 32.0 Å². The fourth-order valence-electron chi connectivity index (χ4n) is 2.67. The lowest BCUT2D eigenvalue weighted by Crippen LogP contribution is -2.45. The summed E-state index contributed by atoms with van der Waals surface area (Å²) in [5.41, 5.74) is 1.20. The summed E-state index contributed by atoms with van der Waals surface area (Å²) in [5, 5.41) is 15.0. The quantitative estimate of drug-likeness (QED) is 0.722. The largest absolute Gasteiger partial charge is 0.394 e. The molecule has 2 amide bonds. The van der Waals surface area contributed by atoms with Crippen LogP contribution in [0.15, 0.2) is 48.7 Å². The van der Waals surface area contributed by atoms with Gasteiger partial charge in [-0.05, 0) is 42.2 Å². The number of pyridine rings is 1. The van der Waals surface area contributed by atoms with Gasteiger partial charge in [0, 0.05) is 6.20 Å². The molecule has 6 heteroatoms. The lowest BCUT2D eigenvalue weighted by atomic mass is 10.0. The fourth-order valence-corrected chi connectivity index (χ4v) is 2.67. The molecule has 0 radical (unpaired) electrons. The van der Waals surface area contributed by atoms with Crippen LogP contribution in [-0.4, -0.2) is 28.8 Å². The molecular formula is C19H24FN3O2. The van der Waals surface area contributed by atoms with Crippen LogP contribution in [0.1, 0.15) is 37.6 Å². The second-order valence-electron chi connectivity index (χ2n) is 6.37. The smallest absolute Gasteiger partial charge is 0.315 e. The number of aliphatic hydroxyl groups excluding tert-OH is 1. The Hall–Kier alpha value is -2.47. The highest BCUT2D eigenvalue weighted by molar-refractivity contribution is 5.75. The maximum Gasteiger partial charge on any atom is 0.315 e. The molecule has 0 fully saturated rings. The van der Waals surface area contributed by atoms with Gasteiger partial charge in [-0.15, -0.1) is 0 Å². The van der Waals surface area contributed by atoms with E-state index < -0.39 is 12.1 Å². The number of carbonyl (C=O) groups is 1. The number of urea groups is 1. The molecule has 25 heavy (non-hydrogen) atoms. The zero-order valence-electron chi connectivity index (χ0n) is 14.4. The summed E-state index contributed by atoms with van der Waals surface area (Å²) in [5.74, 6) is -0.0408. The van der Waals surface area contributed by atoms with E-state index in [1.54, 1.807) is 30.5 Å². The lowest BCUT2D eigenvalue weighted by Gasteiger charge is -2.23. The number of amides is 2. The number of rotatable bonds is 7. The highest BCUT2D eigenvalue weighted by atomic mass is 19.1. The number of nitrogens with zero attached hydrogens (tertiary/aromatic N) is 1. The van der Waals surface area contributed by atoms with E-state index in [-0.39, 0.29) is 18.5 Å². The van der Waals surface area contributed by atoms with Crippen molar-refractivity contribution in [3.63, 3.8) is 0 Å². The summed E-state index contributed by atoms with van der Waals surface area (Å²) in [6, 6.07) is 10.1. The van der Waals surface area contributed by atoms with Gasteiger partial charge < -0.3 is 15.7 Å². The first-order chi connectivity index (χ1) is 12.0. The second kappa shape index (κ2) is 9.13. The van der Waals surface area contributed by atoms with Crippen LogP contribution in [0, 0.1) is 11.7 Å². The molecule has 2 aromatic rings. The van der Waals surface area contributed by atoms with Crippen LogP contribution in [-0.2, 0) is 0 Å². The Morgan fingerprint density at radius 1 is 1.20 bits per heavy atom. The molecule has 5 nitrogen and oxygen atoms in total. The van der Waals surface area contributed by atoms with Gasteiger partial charge in [-0.25, -0.2) is 9.18 Å². The van der Waals surface area contributed by atoms with Crippen molar-refractivity contribution in [1.29, 1.82) is 0 Å². The highest BCUT2D eigenvalue weighted by Gasteiger charge is 2.20. The minimum absolute atomic E-state index is 0.139. The first-order valence-corrected chi connectivity index (χ1v) is 8.34. The van der Waals surface area contributed by atoms with Gasteiger partial charge in [0.1, 0.15) is 5.82 Å². The monoisotopic (exact) mass is 345 g/mol. The number of hydrogen-bond acceptors (Lipinski definition) is 3. The predicted molar refractivity (Wildman–Crippen MR) is 94.5 cm³/mol. The van der Waals surface area contributed by atoms with Crippen LogP contribution in [0.5, 0.6) is 0 Å². The maximum absolute atomic E-state index is 13.6. The van der Waals surface area contributed by atoms with Gasteiger partial charge in [0.25, 0.3) is 0 Å². The third-order valence-electron chi connectivity index (χ3n) is 3.75. The molecule has 0 saturated heterocycles. The molecule has 134 valence electrons. The van der Waals surface area contributed by atoms with Crippen molar-refractivity contribution in [2.24, 2.45) is 5.92 Å². The fraction of sp³-hybridized carbons (Fsp3) is 0.368. The number of carbonyl (C=O) groups excluding carboxylic acids is 1. The van der Waals surface area contributed by atoms with Crippen molar-refractivity contribution in [3.8, 4) is 0 Å². The molecule has 1 aromatic heterocycles. The summed E-state index contributed by atoms with van der Waals surface area (Å²) in [6.45, 7) is 3.90. The summed E-state index contributed by atoms with van der Waals surface area (Å²) in [6.07, 6.45) is 2.29. The molecule has 0 bridgehead atoms. The average Bonchev–Trinajstić information content (AvgIpc) is 2.59. The minimum atomic E-state index is -0.588. The van der Waals surface area contributed by atoms with E-state index in [4.69, 9.17) is 0 Å². The Bertz CT molecular complexity index is 679. The number of benzene rings is 1. The molecule has 0 aliphatic carbocycles. The number of nitrogens with one attached hydrogen (secondary N) is 2. The minimum Gasteiger partial charge on any atom is -0.394 e. The molecule has 1 aromatic carbocycles. The van der Waals surface area contributed by atoms with Gasteiger partial charge in [-0.3, -0.25) is 4.98 Å². The number of aliphatic hydroxyl groups is 1. The number of halogens is 1. The molecule has 0 aliphatic rings. The van der Waals surface area contributed by atoms with Crippen LogP contribution in [0.3, 0.4) is 0 Å². The van der Waals surface area contributed by atoms with E-state index in [2.05, 4.69) is 15.6 Å². The van der Waals surface area contributed by atoms with Crippen LogP contribution < -0.4 is 10.6 Å². The van der Waals surface area contributed by atoms with Gasteiger partial charge in [0.2, 0.25) is 0 Å². The Kier molecular flexibility index (Phi) is 6.89. The third-order valence-corrected chi connectivity index (χ3v) is 3.75. The summed E-state index contributed by atoms with van der Waals surface area (Å²) in [7, 11) is 0. The Morgan fingerprint density at radius 2 is 2.00 bits per heavy atom. The van der Waals surface area contributed by atoms with Crippen molar-refractivity contribution in [1.82, 2.24) is 15.6 Å². The maximum atomic E-state index is 13.6. The molecule has 0 saturated carbocycles. The molecule has 2 atom stereocenters. The van der Waals surface area contributed by atoms with Crippen LogP contribution in [0.2, 0.25) is 0 Å². The SMILES string of the molecule is CC(C)CC(CO)NC(=O)NC(c1cccc(F)c1)c1ccccn1. The molecule has 2 unspecified atom stereocenters. The van der Waals surface area contributed by atoms with E-state index in [0.717, 1.165) is 0 Å². The predicted octanol–water partition coefficient (Wildman–Crippen LogP) is 3.02. The summed E-state index contributed by atoms with van der Waals surface area (Å²) < 4.78 is 13.6. The van der Waals surface area contributed by atoms with E-state index in [0.29, 0.717) is 23.6 Å². The van der Waals surface area contributed by atoms with Gasteiger partial charge in [0.15, 0.2) is 0 Å². The van der Waals surface area contributed by atoms with Crippen LogP contribution >= 0.6 is 0 Å². The molecule has 0 spiro atoms. The van der Waals surface area contributed by atoms with E-state index >= 15 is 0 Å². The topological polar surface area (TPSA) is 74.2 Å². The van der Waals surface area contributed by atoms with E-state index in [1.807, 2.05) is 19.9 Å². The van der Waals surface area contributed by atoms with Crippen molar-refractivity contribution < 1.29 is 14.3 Å². The van der Waals surface area contributed by atoms with E-state index in [1.165, 1.54) is 12.1 Å². The van der Waals surface area contributed by atoms with E-state index in [9.17, 15) is 14.3 Å². The molecule has 2 rings (SSSR count). The van der Waals surface area contributed by atoms with Crippen molar-refractivity contribution in [3.05, 3.63) is 65.7 Å². The molecular weight excluding hydrogens is 321 g/mol. The summed E-state index contributed by atoms with van der Waals surface area (Å²) >= 11 is 0. The van der Waals surface area contributed by atoms with Gasteiger partial charge >= 0.3 is 6.03 Å². The highest BCUT2D eigenvalue weighted by Crippen LogP contribution is 2.21. The lowest BCUT2D eigenvalue weighted by molar-refractivity contribution is 0.205. The first-order valence-electron chi connectivity index (χ1n) is 8.34. The van der Waals surface area contributed by atoms with Gasteiger partial charge in [-0.2, -0.15) is 0 Å². The zero-order valence-corrected chi connectivity index (χ0v) is 14.4. The number of aromatic nitrogens is 1. The summed E-state index contributed by atoms with van der Waals surface area (Å²) in [4.78, 5) is 16.7. The Balaban J connectivity index is 2.18. The average molecular weight is 345 g/mol. The second-order valence-corrected chi connectivity index (χ2v) is 6.37. The third kappa shape index (κ3) is 5.83. The number of hydrogen-bond donors (Lipinski definition) is 3. The Labute approximate surface area is 147 Å². The molecule has 3 N–H and O–H groups in total. The van der Waals surface area contributed by atoms with Crippen molar-refractivity contribution in [2.45, 2.75) is 32.4 Å². The van der Waals surface area contributed by atoms with Crippen LogP contribution in [0.25, 0.3) is 0 Å². The normalized spacial score (nSPS) is 13.3. The first kappa shape index (κ1) is 18.9. The van der Waals surface area contributed by atoms with Gasteiger partial charge in [0.05, 0.1) is 24.4 Å². The Morgan fingerprint density at radius 3 is 2.60 bits per heavy atom. The van der Waals surface area contributed by atoms with Crippen molar-refractivity contribution >= 4 is 6.03 Å². The molecule has 0 aliphatic heterocycles.